The molecule has 0 saturated carbocycles. The van der Waals surface area contributed by atoms with Crippen LogP contribution in [0.5, 0.6) is 5.75 Å². The van der Waals surface area contributed by atoms with Crippen molar-refractivity contribution in [3.8, 4) is 22.8 Å². The van der Waals surface area contributed by atoms with E-state index in [2.05, 4.69) is 30.1 Å². The third-order valence-corrected chi connectivity index (χ3v) is 5.53. The largest absolute Gasteiger partial charge is 0.497 e. The fourth-order valence-corrected chi connectivity index (χ4v) is 3.70. The fraction of sp³-hybridized carbons (Fsp3) is 0.286. The van der Waals surface area contributed by atoms with Gasteiger partial charge in [-0.05, 0) is 48.7 Å². The summed E-state index contributed by atoms with van der Waals surface area (Å²) in [6.45, 7) is 6.07. The Labute approximate surface area is 169 Å². The summed E-state index contributed by atoms with van der Waals surface area (Å²) >= 11 is 1.31. The standard InChI is InChI=1S/C21H24N4O2S/c1-13(2)17-7-5-6-8-18(17)25-20(15-9-11-16(27-4)12-10-15)23-24-21(25)28-14(3)19(22)26/h5-14H,1-4H3,(H2,22,26). The fourth-order valence-electron chi connectivity index (χ4n) is 2.89. The summed E-state index contributed by atoms with van der Waals surface area (Å²) < 4.78 is 7.26. The number of carbonyl (C=O) groups is 1. The highest BCUT2D eigenvalue weighted by Gasteiger charge is 2.22. The minimum atomic E-state index is -0.419. The Kier molecular flexibility index (Phi) is 6.04. The topological polar surface area (TPSA) is 83.0 Å². The maximum atomic E-state index is 11.6. The summed E-state index contributed by atoms with van der Waals surface area (Å²) in [4.78, 5) is 11.6. The molecule has 1 amide bonds. The molecule has 2 N–H and O–H groups in total. The molecule has 1 unspecified atom stereocenters. The Morgan fingerprint density at radius 2 is 1.75 bits per heavy atom. The van der Waals surface area contributed by atoms with Gasteiger partial charge >= 0.3 is 0 Å². The molecule has 28 heavy (non-hydrogen) atoms. The van der Waals surface area contributed by atoms with Gasteiger partial charge < -0.3 is 10.5 Å². The van der Waals surface area contributed by atoms with Crippen LogP contribution in [-0.4, -0.2) is 33.0 Å². The third kappa shape index (κ3) is 4.04. The number of para-hydroxylation sites is 1. The summed E-state index contributed by atoms with van der Waals surface area (Å²) in [5.41, 5.74) is 8.54. The molecule has 0 fully saturated rings. The predicted octanol–water partition coefficient (Wildman–Crippen LogP) is 4.03. The first-order chi connectivity index (χ1) is 13.4. The molecular weight excluding hydrogens is 372 g/mol. The first kappa shape index (κ1) is 19.9. The number of ether oxygens (including phenoxy) is 1. The molecule has 0 aliphatic carbocycles. The number of primary amides is 1. The summed E-state index contributed by atoms with van der Waals surface area (Å²) in [5.74, 6) is 1.40. The lowest BCUT2D eigenvalue weighted by molar-refractivity contribution is -0.117. The van der Waals surface area contributed by atoms with Crippen LogP contribution in [-0.2, 0) is 4.79 Å². The number of nitrogens with two attached hydrogens (primary N) is 1. The molecule has 0 saturated heterocycles. The zero-order valence-corrected chi connectivity index (χ0v) is 17.2. The maximum Gasteiger partial charge on any atom is 0.230 e. The average Bonchev–Trinajstić information content (AvgIpc) is 3.11. The molecular formula is C21H24N4O2S. The van der Waals surface area contributed by atoms with E-state index in [1.807, 2.05) is 47.0 Å². The normalized spacial score (nSPS) is 12.2. The Bertz CT molecular complexity index is 967. The van der Waals surface area contributed by atoms with E-state index in [-0.39, 0.29) is 5.91 Å². The van der Waals surface area contributed by atoms with E-state index < -0.39 is 5.25 Å². The molecule has 7 heteroatoms. The van der Waals surface area contributed by atoms with Gasteiger partial charge in [-0.25, -0.2) is 0 Å². The van der Waals surface area contributed by atoms with Crippen LogP contribution < -0.4 is 10.5 Å². The summed E-state index contributed by atoms with van der Waals surface area (Å²) in [6, 6.07) is 15.8. The van der Waals surface area contributed by atoms with Crippen LogP contribution in [0.1, 0.15) is 32.3 Å². The average molecular weight is 397 g/mol. The van der Waals surface area contributed by atoms with Crippen molar-refractivity contribution < 1.29 is 9.53 Å². The van der Waals surface area contributed by atoms with Crippen molar-refractivity contribution in [3.05, 3.63) is 54.1 Å². The lowest BCUT2D eigenvalue weighted by Crippen LogP contribution is -2.23. The van der Waals surface area contributed by atoms with Crippen LogP contribution in [0.25, 0.3) is 17.1 Å². The number of carbonyl (C=O) groups excluding carboxylic acids is 1. The summed E-state index contributed by atoms with van der Waals surface area (Å²) in [5, 5.41) is 9.01. The van der Waals surface area contributed by atoms with Gasteiger partial charge in [-0.2, -0.15) is 0 Å². The number of benzene rings is 2. The van der Waals surface area contributed by atoms with Crippen LogP contribution in [0.3, 0.4) is 0 Å². The van der Waals surface area contributed by atoms with Crippen LogP contribution in [0.15, 0.2) is 53.7 Å². The van der Waals surface area contributed by atoms with E-state index in [4.69, 9.17) is 10.5 Å². The quantitative estimate of drug-likeness (QED) is 0.610. The van der Waals surface area contributed by atoms with E-state index in [1.165, 1.54) is 17.3 Å². The highest BCUT2D eigenvalue weighted by atomic mass is 32.2. The molecule has 146 valence electrons. The van der Waals surface area contributed by atoms with Crippen LogP contribution >= 0.6 is 11.8 Å². The van der Waals surface area contributed by atoms with Crippen molar-refractivity contribution in [3.63, 3.8) is 0 Å². The Balaban J connectivity index is 2.18. The van der Waals surface area contributed by atoms with Crippen molar-refractivity contribution in [1.82, 2.24) is 14.8 Å². The van der Waals surface area contributed by atoms with Gasteiger partial charge in [0, 0.05) is 5.56 Å². The molecule has 0 radical (unpaired) electrons. The molecule has 1 atom stereocenters. The van der Waals surface area contributed by atoms with Gasteiger partial charge in [0.15, 0.2) is 11.0 Å². The van der Waals surface area contributed by atoms with Crippen molar-refractivity contribution >= 4 is 17.7 Å². The smallest absolute Gasteiger partial charge is 0.230 e. The predicted molar refractivity (Wildman–Crippen MR) is 112 cm³/mol. The van der Waals surface area contributed by atoms with E-state index in [0.29, 0.717) is 16.9 Å². The highest BCUT2D eigenvalue weighted by molar-refractivity contribution is 8.00. The second kappa shape index (κ2) is 8.48. The third-order valence-electron chi connectivity index (χ3n) is 4.46. The van der Waals surface area contributed by atoms with E-state index in [1.54, 1.807) is 14.0 Å². The first-order valence-electron chi connectivity index (χ1n) is 9.07. The van der Waals surface area contributed by atoms with Crippen molar-refractivity contribution in [2.75, 3.05) is 7.11 Å². The number of thioether (sulfide) groups is 1. The Morgan fingerprint density at radius 3 is 2.36 bits per heavy atom. The molecule has 3 aromatic rings. The minimum Gasteiger partial charge on any atom is -0.497 e. The molecule has 0 bridgehead atoms. The second-order valence-corrected chi connectivity index (χ2v) is 8.05. The number of hydrogen-bond donors (Lipinski definition) is 1. The lowest BCUT2D eigenvalue weighted by Gasteiger charge is -2.17. The Hall–Kier alpha value is -2.80. The number of rotatable bonds is 7. The highest BCUT2D eigenvalue weighted by Crippen LogP contribution is 2.33. The van der Waals surface area contributed by atoms with Gasteiger partial charge in [0.1, 0.15) is 5.75 Å². The zero-order chi connectivity index (χ0) is 20.3. The number of methoxy groups -OCH3 is 1. The van der Waals surface area contributed by atoms with Crippen LogP contribution in [0.4, 0.5) is 0 Å². The first-order valence-corrected chi connectivity index (χ1v) is 9.95. The maximum absolute atomic E-state index is 11.6. The van der Waals surface area contributed by atoms with E-state index in [9.17, 15) is 4.79 Å². The lowest BCUT2D eigenvalue weighted by atomic mass is 10.0. The molecule has 2 aromatic carbocycles. The van der Waals surface area contributed by atoms with Crippen molar-refractivity contribution in [2.45, 2.75) is 37.1 Å². The molecule has 1 heterocycles. The minimum absolute atomic E-state index is 0.314. The molecule has 0 spiro atoms. The molecule has 1 aromatic heterocycles. The van der Waals surface area contributed by atoms with E-state index in [0.717, 1.165) is 17.0 Å². The van der Waals surface area contributed by atoms with Crippen LogP contribution in [0, 0.1) is 0 Å². The SMILES string of the molecule is COc1ccc(-c2nnc(SC(C)C(N)=O)n2-c2ccccc2C(C)C)cc1. The zero-order valence-electron chi connectivity index (χ0n) is 16.4. The van der Waals surface area contributed by atoms with Gasteiger partial charge in [0.25, 0.3) is 0 Å². The number of amides is 1. The van der Waals surface area contributed by atoms with Gasteiger partial charge in [0.05, 0.1) is 18.0 Å². The number of hydrogen-bond acceptors (Lipinski definition) is 5. The van der Waals surface area contributed by atoms with E-state index >= 15 is 0 Å². The Morgan fingerprint density at radius 1 is 1.07 bits per heavy atom. The van der Waals surface area contributed by atoms with Gasteiger partial charge in [-0.1, -0.05) is 43.8 Å². The molecule has 0 aliphatic rings. The monoisotopic (exact) mass is 396 g/mol. The summed E-state index contributed by atoms with van der Waals surface area (Å²) in [6.07, 6.45) is 0. The van der Waals surface area contributed by atoms with Gasteiger partial charge in [0.2, 0.25) is 5.91 Å². The summed E-state index contributed by atoms with van der Waals surface area (Å²) in [7, 11) is 1.64. The number of nitrogens with zero attached hydrogens (tertiary/aromatic N) is 3. The van der Waals surface area contributed by atoms with Crippen LogP contribution in [0.2, 0.25) is 0 Å². The molecule has 0 aliphatic heterocycles. The molecule has 6 nitrogen and oxygen atoms in total. The van der Waals surface area contributed by atoms with Crippen molar-refractivity contribution in [1.29, 1.82) is 0 Å². The second-order valence-electron chi connectivity index (χ2n) is 6.75. The number of aromatic nitrogens is 3. The molecule has 3 rings (SSSR count). The van der Waals surface area contributed by atoms with Gasteiger partial charge in [-0.3, -0.25) is 9.36 Å². The van der Waals surface area contributed by atoms with Crippen molar-refractivity contribution in [2.24, 2.45) is 5.73 Å². The van der Waals surface area contributed by atoms with Gasteiger partial charge in [-0.15, -0.1) is 10.2 Å².